The molecule has 1 saturated carbocycles. The maximum Gasteiger partial charge on any atom is 0.0706 e. The Bertz CT molecular complexity index is 415. The van der Waals surface area contributed by atoms with Gasteiger partial charge in [-0.1, -0.05) is 40.9 Å². The van der Waals surface area contributed by atoms with Gasteiger partial charge in [-0.05, 0) is 43.5 Å². The van der Waals surface area contributed by atoms with Crippen LogP contribution >= 0.6 is 15.9 Å². The van der Waals surface area contributed by atoms with E-state index in [-0.39, 0.29) is 0 Å². The Morgan fingerprint density at radius 1 is 1.17 bits per heavy atom. The molecule has 0 amide bonds. The fourth-order valence-electron chi connectivity index (χ4n) is 3.64. The lowest BCUT2D eigenvalue weighted by atomic mass is 9.67. The third-order valence-electron chi connectivity index (χ3n) is 4.62. The van der Waals surface area contributed by atoms with Gasteiger partial charge in [0.05, 0.1) is 5.60 Å². The summed E-state index contributed by atoms with van der Waals surface area (Å²) in [5.41, 5.74) is 0.879. The zero-order valence-electron chi connectivity index (χ0n) is 10.5. The average molecular weight is 310 g/mol. The van der Waals surface area contributed by atoms with Gasteiger partial charge in [0.25, 0.3) is 0 Å². The van der Waals surface area contributed by atoms with Gasteiger partial charge in [-0.2, -0.15) is 0 Å². The molecule has 3 heteroatoms. The van der Waals surface area contributed by atoms with E-state index in [1.165, 1.54) is 18.4 Å². The lowest BCUT2D eigenvalue weighted by Crippen LogP contribution is -2.53. The minimum absolute atomic E-state index is 0.317. The molecule has 0 spiro atoms. The SMILES string of the molecule is O[C@]12CCCC[C@@H]1[C@@H](c1ccc(Br)cc1)NCC2. The molecule has 3 atom stereocenters. The molecule has 2 fully saturated rings. The number of fused-ring (bicyclic) bond motifs is 1. The molecule has 1 aromatic rings. The molecule has 3 rings (SSSR count). The van der Waals surface area contributed by atoms with E-state index in [0.717, 1.165) is 30.3 Å². The first-order valence-electron chi connectivity index (χ1n) is 6.90. The average Bonchev–Trinajstić information content (AvgIpc) is 2.38. The molecule has 98 valence electrons. The van der Waals surface area contributed by atoms with Crippen LogP contribution in [-0.4, -0.2) is 17.3 Å². The Hall–Kier alpha value is -0.380. The predicted molar refractivity (Wildman–Crippen MR) is 76.4 cm³/mol. The van der Waals surface area contributed by atoms with Gasteiger partial charge in [0.2, 0.25) is 0 Å². The second kappa shape index (κ2) is 4.95. The van der Waals surface area contributed by atoms with Crippen LogP contribution in [0.15, 0.2) is 28.7 Å². The van der Waals surface area contributed by atoms with Crippen LogP contribution in [0, 0.1) is 5.92 Å². The summed E-state index contributed by atoms with van der Waals surface area (Å²) in [5, 5.41) is 14.4. The molecule has 1 saturated heterocycles. The first kappa shape index (κ1) is 12.6. The van der Waals surface area contributed by atoms with Crippen LogP contribution in [-0.2, 0) is 0 Å². The van der Waals surface area contributed by atoms with E-state index in [9.17, 15) is 5.11 Å². The van der Waals surface area contributed by atoms with Crippen molar-refractivity contribution in [1.29, 1.82) is 0 Å². The summed E-state index contributed by atoms with van der Waals surface area (Å²) in [6.45, 7) is 0.924. The second-order valence-electron chi connectivity index (χ2n) is 5.69. The van der Waals surface area contributed by atoms with Crippen LogP contribution in [0.4, 0.5) is 0 Å². The van der Waals surface area contributed by atoms with Crippen LogP contribution in [0.2, 0.25) is 0 Å². The Kier molecular flexibility index (Phi) is 3.48. The van der Waals surface area contributed by atoms with Crippen LogP contribution < -0.4 is 5.32 Å². The standard InChI is InChI=1S/C15H20BrNO/c16-12-6-4-11(5-7-12)14-13-3-1-2-8-15(13,18)9-10-17-14/h4-7,13-14,17-18H,1-3,8-10H2/t13-,14-,15+/m1/s1. The topological polar surface area (TPSA) is 32.3 Å². The van der Waals surface area contributed by atoms with E-state index in [2.05, 4.69) is 45.5 Å². The maximum atomic E-state index is 10.8. The number of hydrogen-bond acceptors (Lipinski definition) is 2. The summed E-state index contributed by atoms with van der Waals surface area (Å²) < 4.78 is 1.11. The van der Waals surface area contributed by atoms with Crippen molar-refractivity contribution in [3.05, 3.63) is 34.3 Å². The lowest BCUT2D eigenvalue weighted by Gasteiger charge is -2.48. The molecular formula is C15H20BrNO. The Balaban J connectivity index is 1.88. The first-order valence-corrected chi connectivity index (χ1v) is 7.70. The lowest BCUT2D eigenvalue weighted by molar-refractivity contribution is -0.0861. The van der Waals surface area contributed by atoms with Crippen molar-refractivity contribution in [2.24, 2.45) is 5.92 Å². The van der Waals surface area contributed by atoms with Crippen molar-refractivity contribution in [3.8, 4) is 0 Å². The molecule has 2 aliphatic rings. The van der Waals surface area contributed by atoms with Crippen LogP contribution in [0.5, 0.6) is 0 Å². The summed E-state index contributed by atoms with van der Waals surface area (Å²) in [6, 6.07) is 8.84. The molecule has 2 N–H and O–H groups in total. The number of halogens is 1. The van der Waals surface area contributed by atoms with E-state index in [1.807, 2.05) is 0 Å². The predicted octanol–water partition coefficient (Wildman–Crippen LogP) is 3.40. The van der Waals surface area contributed by atoms with E-state index >= 15 is 0 Å². The van der Waals surface area contributed by atoms with Crippen molar-refractivity contribution in [1.82, 2.24) is 5.32 Å². The Morgan fingerprint density at radius 2 is 1.94 bits per heavy atom. The largest absolute Gasteiger partial charge is 0.389 e. The molecule has 1 heterocycles. The highest BCUT2D eigenvalue weighted by molar-refractivity contribution is 9.10. The fourth-order valence-corrected chi connectivity index (χ4v) is 3.91. The maximum absolute atomic E-state index is 10.8. The van der Waals surface area contributed by atoms with Gasteiger partial charge in [-0.15, -0.1) is 0 Å². The minimum atomic E-state index is -0.429. The highest BCUT2D eigenvalue weighted by atomic mass is 79.9. The van der Waals surface area contributed by atoms with Crippen LogP contribution in [0.25, 0.3) is 0 Å². The number of rotatable bonds is 1. The number of piperidine rings is 1. The summed E-state index contributed by atoms with van der Waals surface area (Å²) in [7, 11) is 0. The molecule has 2 nitrogen and oxygen atoms in total. The molecule has 1 aliphatic carbocycles. The summed E-state index contributed by atoms with van der Waals surface area (Å²) >= 11 is 3.48. The van der Waals surface area contributed by atoms with Gasteiger partial charge in [-0.25, -0.2) is 0 Å². The zero-order chi connectivity index (χ0) is 12.6. The second-order valence-corrected chi connectivity index (χ2v) is 6.60. The Labute approximate surface area is 117 Å². The zero-order valence-corrected chi connectivity index (χ0v) is 12.1. The number of benzene rings is 1. The van der Waals surface area contributed by atoms with E-state index in [0.29, 0.717) is 12.0 Å². The highest BCUT2D eigenvalue weighted by Crippen LogP contribution is 2.45. The normalized spacial score (nSPS) is 36.1. The van der Waals surface area contributed by atoms with Crippen LogP contribution in [0.3, 0.4) is 0 Å². The van der Waals surface area contributed by atoms with E-state index in [1.54, 1.807) is 0 Å². The molecule has 0 bridgehead atoms. The Morgan fingerprint density at radius 3 is 2.72 bits per heavy atom. The van der Waals surface area contributed by atoms with Gasteiger partial charge in [0, 0.05) is 16.4 Å². The molecule has 0 radical (unpaired) electrons. The van der Waals surface area contributed by atoms with Crippen molar-refractivity contribution in [2.45, 2.75) is 43.7 Å². The van der Waals surface area contributed by atoms with Gasteiger partial charge in [0.1, 0.15) is 0 Å². The summed E-state index contributed by atoms with van der Waals surface area (Å²) in [6.07, 6.45) is 5.46. The third kappa shape index (κ3) is 2.24. The third-order valence-corrected chi connectivity index (χ3v) is 5.15. The van der Waals surface area contributed by atoms with Gasteiger partial charge < -0.3 is 10.4 Å². The van der Waals surface area contributed by atoms with E-state index < -0.39 is 5.60 Å². The smallest absolute Gasteiger partial charge is 0.0706 e. The van der Waals surface area contributed by atoms with Gasteiger partial charge >= 0.3 is 0 Å². The molecule has 0 aromatic heterocycles. The summed E-state index contributed by atoms with van der Waals surface area (Å²) in [4.78, 5) is 0. The summed E-state index contributed by atoms with van der Waals surface area (Å²) in [5.74, 6) is 0.376. The fraction of sp³-hybridized carbons (Fsp3) is 0.600. The quantitative estimate of drug-likeness (QED) is 0.833. The monoisotopic (exact) mass is 309 g/mol. The van der Waals surface area contributed by atoms with Gasteiger partial charge in [0.15, 0.2) is 0 Å². The number of nitrogens with one attached hydrogen (secondary N) is 1. The van der Waals surface area contributed by atoms with Crippen LogP contribution in [0.1, 0.15) is 43.7 Å². The molecule has 18 heavy (non-hydrogen) atoms. The molecular weight excluding hydrogens is 290 g/mol. The van der Waals surface area contributed by atoms with E-state index in [4.69, 9.17) is 0 Å². The minimum Gasteiger partial charge on any atom is -0.389 e. The number of hydrogen-bond donors (Lipinski definition) is 2. The molecule has 1 aromatic carbocycles. The van der Waals surface area contributed by atoms with Crippen molar-refractivity contribution < 1.29 is 5.11 Å². The van der Waals surface area contributed by atoms with Crippen molar-refractivity contribution in [2.75, 3.05) is 6.54 Å². The van der Waals surface area contributed by atoms with Crippen molar-refractivity contribution in [3.63, 3.8) is 0 Å². The highest BCUT2D eigenvalue weighted by Gasteiger charge is 2.45. The molecule has 0 unspecified atom stereocenters. The van der Waals surface area contributed by atoms with Crippen molar-refractivity contribution >= 4 is 15.9 Å². The van der Waals surface area contributed by atoms with Gasteiger partial charge in [-0.3, -0.25) is 0 Å². The number of aliphatic hydroxyl groups is 1. The molecule has 1 aliphatic heterocycles. The first-order chi connectivity index (χ1) is 8.69.